The number of hydrogen-bond donors (Lipinski definition) is 2. The van der Waals surface area contributed by atoms with Gasteiger partial charge < -0.3 is 10.4 Å². The number of halogens is 3. The molecule has 2 N–H and O–H groups in total. The standard InChI is InChI=1S/C16H21F3N2O2/c1-2-20-15(23)6-7-21-10-13(22)9-14(21)11-4-3-5-12(8-11)16(17,18)19/h3-5,8,13-14,22H,2,6-7,9-10H2,1H3,(H,20,23)/t13-,14-/m0/s1. The maximum Gasteiger partial charge on any atom is 0.416 e. The molecule has 1 amide bonds. The van der Waals surface area contributed by atoms with Crippen molar-refractivity contribution in [3.63, 3.8) is 0 Å². The molecule has 0 unspecified atom stereocenters. The number of likely N-dealkylation sites (tertiary alicyclic amines) is 1. The summed E-state index contributed by atoms with van der Waals surface area (Å²) in [6.07, 6.45) is -4.35. The van der Waals surface area contributed by atoms with E-state index in [0.717, 1.165) is 12.1 Å². The van der Waals surface area contributed by atoms with Gasteiger partial charge in [-0.3, -0.25) is 9.69 Å². The number of benzene rings is 1. The fraction of sp³-hybridized carbons (Fsp3) is 0.562. The molecule has 1 aliphatic heterocycles. The number of amides is 1. The molecule has 1 fully saturated rings. The Morgan fingerprint density at radius 3 is 2.83 bits per heavy atom. The maximum atomic E-state index is 12.9. The lowest BCUT2D eigenvalue weighted by atomic mass is 10.0. The summed E-state index contributed by atoms with van der Waals surface area (Å²) in [5.74, 6) is -0.100. The Balaban J connectivity index is 2.11. The third kappa shape index (κ3) is 4.68. The van der Waals surface area contributed by atoms with Crippen LogP contribution in [0.2, 0.25) is 0 Å². The van der Waals surface area contributed by atoms with Crippen molar-refractivity contribution >= 4 is 5.91 Å². The van der Waals surface area contributed by atoms with Crippen LogP contribution in [-0.2, 0) is 11.0 Å². The van der Waals surface area contributed by atoms with Gasteiger partial charge in [0.1, 0.15) is 0 Å². The van der Waals surface area contributed by atoms with Crippen LogP contribution in [0.1, 0.15) is 36.9 Å². The number of β-amino-alcohol motifs (C(OH)–C–C–N with tert-alkyl or cyclic N) is 1. The summed E-state index contributed by atoms with van der Waals surface area (Å²) in [6, 6.07) is 4.87. The molecule has 2 rings (SSSR count). The first-order valence-electron chi connectivity index (χ1n) is 7.67. The van der Waals surface area contributed by atoms with E-state index in [0.29, 0.717) is 31.6 Å². The number of nitrogens with zero attached hydrogens (tertiary/aromatic N) is 1. The molecule has 1 aliphatic rings. The van der Waals surface area contributed by atoms with Crippen molar-refractivity contribution in [3.05, 3.63) is 35.4 Å². The lowest BCUT2D eigenvalue weighted by Crippen LogP contribution is -2.31. The van der Waals surface area contributed by atoms with E-state index in [1.807, 2.05) is 11.8 Å². The summed E-state index contributed by atoms with van der Waals surface area (Å²) in [5, 5.41) is 12.6. The molecule has 0 radical (unpaired) electrons. The smallest absolute Gasteiger partial charge is 0.392 e. The highest BCUT2D eigenvalue weighted by Gasteiger charge is 2.35. The Kier molecular flexibility index (Phi) is 5.64. The van der Waals surface area contributed by atoms with Gasteiger partial charge in [-0.2, -0.15) is 13.2 Å². The monoisotopic (exact) mass is 330 g/mol. The largest absolute Gasteiger partial charge is 0.416 e. The second-order valence-electron chi connectivity index (χ2n) is 5.73. The molecule has 23 heavy (non-hydrogen) atoms. The maximum absolute atomic E-state index is 12.9. The Bertz CT molecular complexity index is 548. The van der Waals surface area contributed by atoms with Crippen molar-refractivity contribution in [3.8, 4) is 0 Å². The Labute approximate surface area is 133 Å². The molecule has 1 saturated heterocycles. The Hall–Kier alpha value is -1.60. The average molecular weight is 330 g/mol. The van der Waals surface area contributed by atoms with Gasteiger partial charge in [0, 0.05) is 32.1 Å². The zero-order chi connectivity index (χ0) is 17.0. The third-order valence-corrected chi connectivity index (χ3v) is 3.98. The van der Waals surface area contributed by atoms with E-state index in [-0.39, 0.29) is 18.4 Å². The first kappa shape index (κ1) is 17.7. The molecule has 1 aromatic carbocycles. The van der Waals surface area contributed by atoms with E-state index in [1.54, 1.807) is 6.07 Å². The van der Waals surface area contributed by atoms with Gasteiger partial charge in [-0.25, -0.2) is 0 Å². The number of carbonyl (C=O) groups excluding carboxylic acids is 1. The highest BCUT2D eigenvalue weighted by atomic mass is 19.4. The summed E-state index contributed by atoms with van der Waals surface area (Å²) in [4.78, 5) is 13.4. The van der Waals surface area contributed by atoms with Crippen molar-refractivity contribution in [1.29, 1.82) is 0 Å². The number of carbonyl (C=O) groups is 1. The van der Waals surface area contributed by atoms with Crippen LogP contribution >= 0.6 is 0 Å². The molecule has 2 atom stereocenters. The van der Waals surface area contributed by atoms with Crippen LogP contribution in [0.4, 0.5) is 13.2 Å². The first-order valence-corrected chi connectivity index (χ1v) is 7.67. The minimum Gasteiger partial charge on any atom is -0.392 e. The minimum atomic E-state index is -4.39. The average Bonchev–Trinajstić information content (AvgIpc) is 2.86. The van der Waals surface area contributed by atoms with Crippen LogP contribution in [-0.4, -0.2) is 41.7 Å². The van der Waals surface area contributed by atoms with Gasteiger partial charge >= 0.3 is 6.18 Å². The van der Waals surface area contributed by atoms with E-state index in [1.165, 1.54) is 6.07 Å². The number of aliphatic hydroxyl groups is 1. The fourth-order valence-electron chi connectivity index (χ4n) is 2.93. The van der Waals surface area contributed by atoms with Crippen LogP contribution in [0.5, 0.6) is 0 Å². The molecule has 128 valence electrons. The lowest BCUT2D eigenvalue weighted by molar-refractivity contribution is -0.137. The van der Waals surface area contributed by atoms with E-state index in [9.17, 15) is 23.1 Å². The molecule has 0 spiro atoms. The van der Waals surface area contributed by atoms with Crippen LogP contribution in [0.25, 0.3) is 0 Å². The van der Waals surface area contributed by atoms with Crippen molar-refractivity contribution in [2.24, 2.45) is 0 Å². The van der Waals surface area contributed by atoms with Crippen LogP contribution in [0, 0.1) is 0 Å². The van der Waals surface area contributed by atoms with Crippen LogP contribution < -0.4 is 5.32 Å². The number of rotatable bonds is 5. The second kappa shape index (κ2) is 7.31. The zero-order valence-electron chi connectivity index (χ0n) is 12.9. The van der Waals surface area contributed by atoms with Gasteiger partial charge in [-0.05, 0) is 31.0 Å². The first-order chi connectivity index (χ1) is 10.8. The number of hydrogen-bond acceptors (Lipinski definition) is 3. The Morgan fingerprint density at radius 1 is 1.43 bits per heavy atom. The van der Waals surface area contributed by atoms with Crippen molar-refractivity contribution < 1.29 is 23.1 Å². The van der Waals surface area contributed by atoms with Gasteiger partial charge in [0.2, 0.25) is 5.91 Å². The molecule has 0 saturated carbocycles. The summed E-state index contributed by atoms with van der Waals surface area (Å²) >= 11 is 0. The third-order valence-electron chi connectivity index (χ3n) is 3.98. The zero-order valence-corrected chi connectivity index (χ0v) is 12.9. The lowest BCUT2D eigenvalue weighted by Gasteiger charge is -2.24. The fourth-order valence-corrected chi connectivity index (χ4v) is 2.93. The highest BCUT2D eigenvalue weighted by molar-refractivity contribution is 5.75. The quantitative estimate of drug-likeness (QED) is 0.871. The van der Waals surface area contributed by atoms with Gasteiger partial charge in [0.05, 0.1) is 11.7 Å². The van der Waals surface area contributed by atoms with E-state index in [2.05, 4.69) is 5.32 Å². The van der Waals surface area contributed by atoms with Gasteiger partial charge in [-0.15, -0.1) is 0 Å². The minimum absolute atomic E-state index is 0.100. The topological polar surface area (TPSA) is 52.6 Å². The summed E-state index contributed by atoms with van der Waals surface area (Å²) in [7, 11) is 0. The molecule has 1 aromatic rings. The number of aliphatic hydroxyl groups excluding tert-OH is 1. The van der Waals surface area contributed by atoms with Crippen molar-refractivity contribution in [2.75, 3.05) is 19.6 Å². The molecule has 0 aromatic heterocycles. The van der Waals surface area contributed by atoms with Crippen molar-refractivity contribution in [2.45, 2.75) is 38.1 Å². The molecule has 0 aliphatic carbocycles. The SMILES string of the molecule is CCNC(=O)CCN1C[C@@H](O)C[C@H]1c1cccc(C(F)(F)F)c1. The number of nitrogens with one attached hydrogen (secondary N) is 1. The Morgan fingerprint density at radius 2 is 2.17 bits per heavy atom. The normalized spacial score (nSPS) is 22.3. The van der Waals surface area contributed by atoms with Gasteiger partial charge in [0.25, 0.3) is 0 Å². The molecule has 7 heteroatoms. The molecule has 1 heterocycles. The van der Waals surface area contributed by atoms with Gasteiger partial charge in [-0.1, -0.05) is 12.1 Å². The summed E-state index contributed by atoms with van der Waals surface area (Å²) < 4.78 is 38.6. The van der Waals surface area contributed by atoms with Crippen LogP contribution in [0.3, 0.4) is 0 Å². The number of alkyl halides is 3. The molecule has 4 nitrogen and oxygen atoms in total. The van der Waals surface area contributed by atoms with Gasteiger partial charge in [0.15, 0.2) is 0 Å². The van der Waals surface area contributed by atoms with E-state index >= 15 is 0 Å². The van der Waals surface area contributed by atoms with Crippen molar-refractivity contribution in [1.82, 2.24) is 10.2 Å². The molecule has 0 bridgehead atoms. The predicted molar refractivity (Wildman–Crippen MR) is 79.7 cm³/mol. The molecular formula is C16H21F3N2O2. The second-order valence-corrected chi connectivity index (χ2v) is 5.73. The molecular weight excluding hydrogens is 309 g/mol. The van der Waals surface area contributed by atoms with Crippen LogP contribution in [0.15, 0.2) is 24.3 Å². The van der Waals surface area contributed by atoms with E-state index < -0.39 is 17.8 Å². The summed E-state index contributed by atoms with van der Waals surface area (Å²) in [5.41, 5.74) is -0.174. The predicted octanol–water partition coefficient (Wildman–Crippen LogP) is 2.34. The van der Waals surface area contributed by atoms with E-state index in [4.69, 9.17) is 0 Å². The summed E-state index contributed by atoms with van der Waals surface area (Å²) in [6.45, 7) is 3.13. The highest BCUT2D eigenvalue weighted by Crippen LogP contribution is 2.36.